The van der Waals surface area contributed by atoms with Gasteiger partial charge >= 0.3 is 7.82 Å². The molecule has 0 amide bonds. The van der Waals surface area contributed by atoms with Gasteiger partial charge in [-0.1, -0.05) is 103 Å². The summed E-state index contributed by atoms with van der Waals surface area (Å²) in [6.07, 6.45) is 25.2. The summed E-state index contributed by atoms with van der Waals surface area (Å²) >= 11 is 0. The number of aryl methyl sites for hydroxylation is 1. The third kappa shape index (κ3) is 20.3. The summed E-state index contributed by atoms with van der Waals surface area (Å²) in [5, 5.41) is 30.9. The van der Waals surface area contributed by atoms with E-state index in [0.29, 0.717) is 48.6 Å². The zero-order valence-electron chi connectivity index (χ0n) is 33.1. The van der Waals surface area contributed by atoms with Crippen LogP contribution in [0.2, 0.25) is 0 Å². The fraction of sp³-hybridized carbons (Fsp3) is 0.675. The summed E-state index contributed by atoms with van der Waals surface area (Å²) in [5.41, 5.74) is 6.98. The molecule has 0 aliphatic rings. The van der Waals surface area contributed by atoms with E-state index in [9.17, 15) is 14.7 Å². The first kappa shape index (κ1) is 47.7. The molecule has 306 valence electrons. The van der Waals surface area contributed by atoms with Crippen LogP contribution in [0.3, 0.4) is 0 Å². The van der Waals surface area contributed by atoms with Crippen LogP contribution < -0.4 is 5.73 Å². The summed E-state index contributed by atoms with van der Waals surface area (Å²) in [4.78, 5) is 17.9. The first-order chi connectivity index (χ1) is 26.7. The average molecular weight is 786 g/mol. The lowest BCUT2D eigenvalue weighted by Gasteiger charge is -2.25. The zero-order chi connectivity index (χ0) is 40.0. The maximum atomic E-state index is 12.4. The van der Waals surface area contributed by atoms with E-state index in [1.807, 2.05) is 12.1 Å². The van der Waals surface area contributed by atoms with Crippen molar-refractivity contribution in [2.24, 2.45) is 0 Å². The number of unbranched alkanes of at least 4 members (excludes halogenated alkanes) is 15. The highest BCUT2D eigenvalue weighted by atomic mass is 31.2. The van der Waals surface area contributed by atoms with E-state index in [0.717, 1.165) is 18.5 Å². The molecule has 3 heterocycles. The van der Waals surface area contributed by atoms with Crippen molar-refractivity contribution in [3.8, 4) is 12.1 Å². The number of ether oxygens (including phenoxy) is 2. The summed E-state index contributed by atoms with van der Waals surface area (Å²) in [6.45, 7) is 2.90. The number of anilines is 1. The van der Waals surface area contributed by atoms with Gasteiger partial charge in [0.25, 0.3) is 0 Å². The highest BCUT2D eigenvalue weighted by molar-refractivity contribution is 7.47. The predicted octanol–water partition coefficient (Wildman–Crippen LogP) is 8.40. The molecule has 3 aromatic heterocycles. The number of pyridine rings is 1. The van der Waals surface area contributed by atoms with Crippen LogP contribution >= 0.6 is 7.82 Å². The highest BCUT2D eigenvalue weighted by Crippen LogP contribution is 2.44. The van der Waals surface area contributed by atoms with Crippen molar-refractivity contribution in [1.29, 1.82) is 10.5 Å². The maximum Gasteiger partial charge on any atom is 0.472 e. The number of aliphatic hydroxyl groups is 1. The topological polar surface area (TPSA) is 211 Å². The minimum Gasteiger partial charge on any atom is -0.390 e. The largest absolute Gasteiger partial charge is 0.472 e. The monoisotopic (exact) mass is 785 g/mol. The van der Waals surface area contributed by atoms with E-state index in [-0.39, 0.29) is 19.6 Å². The Morgan fingerprint density at radius 3 is 2.00 bits per heavy atom. The molecule has 0 spiro atoms. The molecule has 3 aromatic rings. The van der Waals surface area contributed by atoms with Crippen LogP contribution in [-0.2, 0) is 36.1 Å². The molecule has 15 heteroatoms. The lowest BCUT2D eigenvalue weighted by Crippen LogP contribution is -2.35. The molecule has 3 rings (SSSR count). The van der Waals surface area contributed by atoms with Gasteiger partial charge in [0.2, 0.25) is 0 Å². The maximum absolute atomic E-state index is 12.4. The van der Waals surface area contributed by atoms with Gasteiger partial charge in [-0.25, -0.2) is 14.1 Å². The Bertz CT molecular complexity index is 1580. The Balaban J connectivity index is 0.000000900. The number of nitrogens with two attached hydrogens (primary N) is 1. The molecular weight excluding hydrogens is 721 g/mol. The molecule has 55 heavy (non-hydrogen) atoms. The first-order valence-electron chi connectivity index (χ1n) is 19.9. The Morgan fingerprint density at radius 1 is 0.836 bits per heavy atom. The number of nitriles is 2. The molecule has 0 radical (unpaired) electrons. The van der Waals surface area contributed by atoms with Gasteiger partial charge < -0.3 is 25.2 Å². The number of nitrogens with zero attached hydrogens (tertiary/aromatic N) is 6. The van der Waals surface area contributed by atoms with Crippen molar-refractivity contribution in [3.05, 3.63) is 53.7 Å². The van der Waals surface area contributed by atoms with E-state index in [1.165, 1.54) is 110 Å². The molecule has 0 saturated carbocycles. The van der Waals surface area contributed by atoms with Crippen molar-refractivity contribution in [2.45, 2.75) is 141 Å². The molecular formula is C40H64N7O7P. The third-order valence-electron chi connectivity index (χ3n) is 9.35. The number of nitrogen functional groups attached to an aromatic ring is 1. The van der Waals surface area contributed by atoms with E-state index >= 15 is 0 Å². The van der Waals surface area contributed by atoms with E-state index in [1.54, 1.807) is 22.7 Å². The van der Waals surface area contributed by atoms with Crippen molar-refractivity contribution < 1.29 is 33.1 Å². The fourth-order valence-electron chi connectivity index (χ4n) is 5.90. The van der Waals surface area contributed by atoms with Crippen LogP contribution in [0.25, 0.3) is 5.52 Å². The summed E-state index contributed by atoms with van der Waals surface area (Å²) < 4.78 is 35.3. The summed E-state index contributed by atoms with van der Waals surface area (Å²) in [7, 11) is -3.00. The molecule has 0 aromatic carbocycles. The molecule has 2 atom stereocenters. The SMILES string of the molecule is CCCCCCCCCCCCCCCCCCOCCCOP(=O)(O)OCC(C#N)(CCc1ccc2c(N)ncnn12)OC.N#Cc1ccc(CO)nc1. The van der Waals surface area contributed by atoms with Gasteiger partial charge in [-0.05, 0) is 49.9 Å². The quantitative estimate of drug-likeness (QED) is 0.0429. The second kappa shape index (κ2) is 28.9. The van der Waals surface area contributed by atoms with E-state index in [2.05, 4.69) is 28.1 Å². The van der Waals surface area contributed by atoms with Crippen LogP contribution in [0.5, 0.6) is 0 Å². The molecule has 14 nitrogen and oxygen atoms in total. The number of hydrogen-bond donors (Lipinski definition) is 3. The fourth-order valence-corrected chi connectivity index (χ4v) is 6.70. The summed E-state index contributed by atoms with van der Waals surface area (Å²) in [6, 6.07) is 10.9. The molecule has 0 aliphatic carbocycles. The number of fused-ring (bicyclic) bond motifs is 1. The molecule has 2 unspecified atom stereocenters. The van der Waals surface area contributed by atoms with Gasteiger partial charge in [0.05, 0.1) is 24.5 Å². The van der Waals surface area contributed by atoms with Gasteiger partial charge in [0.1, 0.15) is 30.6 Å². The Kier molecular flexibility index (Phi) is 25.0. The lowest BCUT2D eigenvalue weighted by atomic mass is 9.99. The first-order valence-corrected chi connectivity index (χ1v) is 21.4. The van der Waals surface area contributed by atoms with Gasteiger partial charge in [0.15, 0.2) is 11.4 Å². The minimum atomic E-state index is -4.37. The van der Waals surface area contributed by atoms with Crippen molar-refractivity contribution in [1.82, 2.24) is 19.6 Å². The number of hydrogen-bond acceptors (Lipinski definition) is 12. The number of phosphoric ester groups is 1. The third-order valence-corrected chi connectivity index (χ3v) is 10.3. The van der Waals surface area contributed by atoms with Crippen molar-refractivity contribution in [3.63, 3.8) is 0 Å². The number of aromatic nitrogens is 4. The van der Waals surface area contributed by atoms with Crippen LogP contribution in [0.4, 0.5) is 5.82 Å². The Morgan fingerprint density at radius 2 is 1.45 bits per heavy atom. The summed E-state index contributed by atoms with van der Waals surface area (Å²) in [5.74, 6) is 0.349. The molecule has 0 aliphatic heterocycles. The second-order valence-electron chi connectivity index (χ2n) is 13.7. The normalized spacial score (nSPS) is 13.3. The minimum absolute atomic E-state index is 0.0105. The standard InChI is InChI=1S/C33H58N5O6P.C7H6N2O/c1-3-4-5-6-7-8-9-10-11-12-13-14-15-16-17-18-24-42-25-19-26-43-45(39,40)44-28-33(27-34,41-2)23-22-30-20-21-31-32(35)36-29-37-38(30)31;8-3-6-1-2-7(5-10)9-4-6/h20-21,29H,3-19,22-26,28H2,1-2H3,(H,39,40)(H2,35,36,37);1-2,4,10H,5H2. The van der Waals surface area contributed by atoms with E-state index in [4.69, 9.17) is 34.6 Å². The van der Waals surface area contributed by atoms with Gasteiger partial charge in [0, 0.05) is 32.2 Å². The molecule has 4 N–H and O–H groups in total. The molecule has 0 saturated heterocycles. The van der Waals surface area contributed by atoms with Crippen molar-refractivity contribution in [2.75, 3.05) is 39.3 Å². The van der Waals surface area contributed by atoms with Crippen LogP contribution in [0.15, 0.2) is 36.8 Å². The van der Waals surface area contributed by atoms with Gasteiger partial charge in [-0.15, -0.1) is 0 Å². The van der Waals surface area contributed by atoms with Crippen LogP contribution in [0.1, 0.15) is 139 Å². The predicted molar refractivity (Wildman–Crippen MR) is 213 cm³/mol. The van der Waals surface area contributed by atoms with Crippen LogP contribution in [-0.4, -0.2) is 68.7 Å². The number of methoxy groups -OCH3 is 1. The average Bonchev–Trinajstić information content (AvgIpc) is 3.63. The molecule has 0 bridgehead atoms. The van der Waals surface area contributed by atoms with Gasteiger partial charge in [-0.3, -0.25) is 14.0 Å². The van der Waals surface area contributed by atoms with Crippen LogP contribution in [0, 0.1) is 22.7 Å². The molecule has 0 fully saturated rings. The smallest absolute Gasteiger partial charge is 0.390 e. The Labute approximate surface area is 328 Å². The zero-order valence-corrected chi connectivity index (χ0v) is 34.0. The van der Waals surface area contributed by atoms with E-state index < -0.39 is 20.0 Å². The highest BCUT2D eigenvalue weighted by Gasteiger charge is 2.35. The lowest BCUT2D eigenvalue weighted by molar-refractivity contribution is -0.0171. The number of aliphatic hydroxyl groups excluding tert-OH is 1. The second-order valence-corrected chi connectivity index (χ2v) is 15.2. The number of phosphoric acid groups is 1. The van der Waals surface area contributed by atoms with Gasteiger partial charge in [-0.2, -0.15) is 15.6 Å². The Hall–Kier alpha value is -3.46. The van der Waals surface area contributed by atoms with Crippen molar-refractivity contribution >= 4 is 19.2 Å². The number of rotatable bonds is 30.